The first-order chi connectivity index (χ1) is 10.6. The zero-order valence-corrected chi connectivity index (χ0v) is 13.1. The van der Waals surface area contributed by atoms with Crippen LogP contribution < -0.4 is 5.32 Å². The van der Waals surface area contributed by atoms with Gasteiger partial charge in [0.2, 0.25) is 0 Å². The van der Waals surface area contributed by atoms with E-state index in [9.17, 15) is 4.79 Å². The van der Waals surface area contributed by atoms with E-state index in [0.717, 1.165) is 11.3 Å². The smallest absolute Gasteiger partial charge is 0.259 e. The fourth-order valence-electron chi connectivity index (χ4n) is 2.14. The quantitative estimate of drug-likeness (QED) is 0.793. The van der Waals surface area contributed by atoms with E-state index < -0.39 is 0 Å². The van der Waals surface area contributed by atoms with E-state index in [1.165, 1.54) is 16.9 Å². The standard InChI is InChI=1S/C17H15N3OS/c1-11-3-5-13(6-4-11)15-8-7-14(12(2)19-15)16(21)20-17-18-9-10-22-17/h3-10H,1-2H3,(H,18,20,21). The van der Waals surface area contributed by atoms with E-state index in [1.807, 2.05) is 30.5 Å². The van der Waals surface area contributed by atoms with Gasteiger partial charge in [0.15, 0.2) is 5.13 Å². The second kappa shape index (κ2) is 6.07. The minimum absolute atomic E-state index is 0.185. The summed E-state index contributed by atoms with van der Waals surface area (Å²) in [5.74, 6) is -0.185. The Morgan fingerprint density at radius 3 is 2.50 bits per heavy atom. The third-order valence-electron chi connectivity index (χ3n) is 3.33. The molecule has 3 rings (SSSR count). The van der Waals surface area contributed by atoms with Gasteiger partial charge < -0.3 is 0 Å². The molecule has 0 radical (unpaired) electrons. The number of hydrogen-bond acceptors (Lipinski definition) is 4. The van der Waals surface area contributed by atoms with Crippen molar-refractivity contribution in [3.63, 3.8) is 0 Å². The highest BCUT2D eigenvalue weighted by atomic mass is 32.1. The molecule has 1 aromatic carbocycles. The van der Waals surface area contributed by atoms with Crippen LogP contribution in [0.4, 0.5) is 5.13 Å². The number of aryl methyl sites for hydroxylation is 2. The number of amides is 1. The second-order valence-electron chi connectivity index (χ2n) is 4.99. The molecule has 4 nitrogen and oxygen atoms in total. The van der Waals surface area contributed by atoms with E-state index in [-0.39, 0.29) is 5.91 Å². The first-order valence-corrected chi connectivity index (χ1v) is 7.77. The molecule has 0 unspecified atom stereocenters. The number of nitrogens with one attached hydrogen (secondary N) is 1. The van der Waals surface area contributed by atoms with Crippen LogP contribution in [-0.2, 0) is 0 Å². The molecule has 0 atom stereocenters. The van der Waals surface area contributed by atoms with Crippen LogP contribution in [0, 0.1) is 13.8 Å². The summed E-state index contributed by atoms with van der Waals surface area (Å²) < 4.78 is 0. The Morgan fingerprint density at radius 2 is 1.86 bits per heavy atom. The Balaban J connectivity index is 1.85. The molecule has 1 amide bonds. The van der Waals surface area contributed by atoms with Gasteiger partial charge in [-0.15, -0.1) is 11.3 Å². The normalized spacial score (nSPS) is 10.5. The fourth-order valence-corrected chi connectivity index (χ4v) is 2.66. The minimum atomic E-state index is -0.185. The van der Waals surface area contributed by atoms with Crippen LogP contribution in [0.15, 0.2) is 48.0 Å². The van der Waals surface area contributed by atoms with Gasteiger partial charge in [-0.1, -0.05) is 29.8 Å². The predicted octanol–water partition coefficient (Wildman–Crippen LogP) is 4.07. The largest absolute Gasteiger partial charge is 0.298 e. The van der Waals surface area contributed by atoms with Gasteiger partial charge in [-0.25, -0.2) is 4.98 Å². The lowest BCUT2D eigenvalue weighted by Crippen LogP contribution is -2.14. The zero-order valence-electron chi connectivity index (χ0n) is 12.3. The summed E-state index contributed by atoms with van der Waals surface area (Å²) in [5, 5.41) is 5.18. The van der Waals surface area contributed by atoms with E-state index in [1.54, 1.807) is 12.3 Å². The SMILES string of the molecule is Cc1ccc(-c2ccc(C(=O)Nc3nccs3)c(C)n2)cc1. The van der Waals surface area contributed by atoms with Crippen molar-refractivity contribution in [1.29, 1.82) is 0 Å². The Hall–Kier alpha value is -2.53. The molecule has 0 fully saturated rings. The van der Waals surface area contributed by atoms with Crippen molar-refractivity contribution in [1.82, 2.24) is 9.97 Å². The molecule has 22 heavy (non-hydrogen) atoms. The maximum atomic E-state index is 12.2. The van der Waals surface area contributed by atoms with Crippen molar-refractivity contribution >= 4 is 22.4 Å². The van der Waals surface area contributed by atoms with Crippen molar-refractivity contribution in [2.24, 2.45) is 0 Å². The van der Waals surface area contributed by atoms with Gasteiger partial charge in [0.25, 0.3) is 5.91 Å². The van der Waals surface area contributed by atoms with Crippen LogP contribution in [0.2, 0.25) is 0 Å². The molecule has 0 bridgehead atoms. The average molecular weight is 309 g/mol. The van der Waals surface area contributed by atoms with Gasteiger partial charge in [0.05, 0.1) is 17.0 Å². The lowest BCUT2D eigenvalue weighted by molar-refractivity contribution is 0.102. The number of rotatable bonds is 3. The van der Waals surface area contributed by atoms with Crippen molar-refractivity contribution in [3.8, 4) is 11.3 Å². The van der Waals surface area contributed by atoms with Crippen LogP contribution in [0.1, 0.15) is 21.6 Å². The second-order valence-corrected chi connectivity index (χ2v) is 5.88. The van der Waals surface area contributed by atoms with Gasteiger partial charge in [-0.2, -0.15) is 0 Å². The molecule has 2 heterocycles. The lowest BCUT2D eigenvalue weighted by atomic mass is 10.1. The Labute approximate surface area is 132 Å². The number of pyridine rings is 1. The Morgan fingerprint density at radius 1 is 1.09 bits per heavy atom. The highest BCUT2D eigenvalue weighted by molar-refractivity contribution is 7.13. The molecule has 3 aromatic rings. The number of carbonyl (C=O) groups excluding carboxylic acids is 1. The molecule has 0 saturated heterocycles. The van der Waals surface area contributed by atoms with Crippen LogP contribution in [-0.4, -0.2) is 15.9 Å². The van der Waals surface area contributed by atoms with E-state index in [4.69, 9.17) is 0 Å². The molecule has 0 aliphatic carbocycles. The third-order valence-corrected chi connectivity index (χ3v) is 4.02. The Bertz CT molecular complexity index is 795. The summed E-state index contributed by atoms with van der Waals surface area (Å²) in [5.41, 5.74) is 4.38. The lowest BCUT2D eigenvalue weighted by Gasteiger charge is -2.08. The van der Waals surface area contributed by atoms with Crippen molar-refractivity contribution in [2.75, 3.05) is 5.32 Å². The maximum absolute atomic E-state index is 12.2. The number of aromatic nitrogens is 2. The van der Waals surface area contributed by atoms with Crippen LogP contribution in [0.25, 0.3) is 11.3 Å². The van der Waals surface area contributed by atoms with Gasteiger partial charge in [0.1, 0.15) is 0 Å². The van der Waals surface area contributed by atoms with Gasteiger partial charge in [-0.05, 0) is 26.0 Å². The molecule has 0 spiro atoms. The summed E-state index contributed by atoms with van der Waals surface area (Å²) >= 11 is 1.39. The monoisotopic (exact) mass is 309 g/mol. The molecular weight excluding hydrogens is 294 g/mol. The summed E-state index contributed by atoms with van der Waals surface area (Å²) in [6.07, 6.45) is 1.66. The first-order valence-electron chi connectivity index (χ1n) is 6.89. The first kappa shape index (κ1) is 14.4. The van der Waals surface area contributed by atoms with Crippen LogP contribution in [0.5, 0.6) is 0 Å². The summed E-state index contributed by atoms with van der Waals surface area (Å²) in [4.78, 5) is 20.8. The van der Waals surface area contributed by atoms with Crippen molar-refractivity contribution in [3.05, 3.63) is 64.8 Å². The van der Waals surface area contributed by atoms with E-state index in [0.29, 0.717) is 16.4 Å². The van der Waals surface area contributed by atoms with Gasteiger partial charge in [-0.3, -0.25) is 15.1 Å². The average Bonchev–Trinajstić information content (AvgIpc) is 3.00. The summed E-state index contributed by atoms with van der Waals surface area (Å²) in [6.45, 7) is 3.89. The molecule has 1 N–H and O–H groups in total. The zero-order chi connectivity index (χ0) is 15.5. The molecule has 2 aromatic heterocycles. The number of thiazole rings is 1. The minimum Gasteiger partial charge on any atom is -0.298 e. The third kappa shape index (κ3) is 3.04. The topological polar surface area (TPSA) is 54.9 Å². The molecular formula is C17H15N3OS. The predicted molar refractivity (Wildman–Crippen MR) is 89.2 cm³/mol. The molecule has 5 heteroatoms. The molecule has 0 saturated carbocycles. The van der Waals surface area contributed by atoms with Gasteiger partial charge in [0, 0.05) is 17.1 Å². The van der Waals surface area contributed by atoms with Crippen molar-refractivity contribution in [2.45, 2.75) is 13.8 Å². The molecule has 110 valence electrons. The summed E-state index contributed by atoms with van der Waals surface area (Å²) in [6, 6.07) is 11.8. The van der Waals surface area contributed by atoms with Crippen LogP contribution in [0.3, 0.4) is 0 Å². The molecule has 0 aliphatic heterocycles. The number of benzene rings is 1. The highest BCUT2D eigenvalue weighted by Gasteiger charge is 2.12. The van der Waals surface area contributed by atoms with E-state index >= 15 is 0 Å². The maximum Gasteiger partial charge on any atom is 0.259 e. The van der Waals surface area contributed by atoms with Crippen LogP contribution >= 0.6 is 11.3 Å². The van der Waals surface area contributed by atoms with Crippen molar-refractivity contribution < 1.29 is 4.79 Å². The number of anilines is 1. The molecule has 0 aliphatic rings. The van der Waals surface area contributed by atoms with E-state index in [2.05, 4.69) is 34.3 Å². The fraction of sp³-hybridized carbons (Fsp3) is 0.118. The number of carbonyl (C=O) groups is 1. The van der Waals surface area contributed by atoms with Gasteiger partial charge >= 0.3 is 0 Å². The highest BCUT2D eigenvalue weighted by Crippen LogP contribution is 2.20. The number of hydrogen-bond donors (Lipinski definition) is 1. The summed E-state index contributed by atoms with van der Waals surface area (Å²) in [7, 11) is 0. The number of nitrogens with zero attached hydrogens (tertiary/aromatic N) is 2. The Kier molecular flexibility index (Phi) is 3.98.